The lowest BCUT2D eigenvalue weighted by Crippen LogP contribution is -2.47. The van der Waals surface area contributed by atoms with E-state index < -0.39 is 0 Å². The molecule has 0 N–H and O–H groups in total. The van der Waals surface area contributed by atoms with Gasteiger partial charge in [-0.05, 0) is 48.7 Å². The Morgan fingerprint density at radius 3 is 2.31 bits per heavy atom. The quantitative estimate of drug-likeness (QED) is 0.0974. The molecule has 1 fully saturated rings. The van der Waals surface area contributed by atoms with Crippen molar-refractivity contribution in [3.8, 4) is 11.5 Å². The fraction of sp³-hybridized carbons (Fsp3) is 0.333. The molecule has 0 aliphatic carbocycles. The second-order valence-electron chi connectivity index (χ2n) is 9.38. The summed E-state index contributed by atoms with van der Waals surface area (Å²) in [5.41, 5.74) is 2.94. The van der Waals surface area contributed by atoms with Gasteiger partial charge in [0.15, 0.2) is 0 Å². The first-order valence-corrected chi connectivity index (χ1v) is 13.8. The Labute approximate surface area is 245 Å². The summed E-state index contributed by atoms with van der Waals surface area (Å²) < 4.78 is 12.9. The molecule has 1 aliphatic heterocycles. The molecule has 4 rings (SSSR count). The van der Waals surface area contributed by atoms with Gasteiger partial charge in [-0.3, -0.25) is 15.0 Å². The highest BCUT2D eigenvalue weighted by atomic mass is 79.9. The first-order valence-electron chi connectivity index (χ1n) is 13.0. The van der Waals surface area contributed by atoms with Crippen molar-refractivity contribution in [2.75, 3.05) is 52.5 Å². The molecule has 7 nitrogen and oxygen atoms in total. The van der Waals surface area contributed by atoms with Gasteiger partial charge in [0.25, 0.3) is 5.69 Å². The average Bonchev–Trinajstić information content (AvgIpc) is 2.92. The summed E-state index contributed by atoms with van der Waals surface area (Å²) in [6.45, 7) is 9.34. The van der Waals surface area contributed by atoms with Gasteiger partial charge in [0.2, 0.25) is 0 Å². The predicted octanol–water partition coefficient (Wildman–Crippen LogP) is 6.72. The molecule has 9 heteroatoms. The third-order valence-corrected chi connectivity index (χ3v) is 7.28. The summed E-state index contributed by atoms with van der Waals surface area (Å²) in [5.74, 6) is 1.58. The van der Waals surface area contributed by atoms with Crippen molar-refractivity contribution < 1.29 is 14.4 Å². The monoisotopic (exact) mass is 615 g/mol. The molecule has 0 saturated carbocycles. The molecule has 1 heterocycles. The van der Waals surface area contributed by atoms with Crippen molar-refractivity contribution in [3.63, 3.8) is 0 Å². The molecular weight excluding hydrogens is 582 g/mol. The van der Waals surface area contributed by atoms with Crippen LogP contribution in [0.15, 0.2) is 71.2 Å². The maximum atomic E-state index is 11.3. The third kappa shape index (κ3) is 9.65. The molecule has 3 aromatic carbocycles. The fourth-order valence-corrected chi connectivity index (χ4v) is 4.82. The van der Waals surface area contributed by atoms with Crippen molar-refractivity contribution in [1.82, 2.24) is 9.80 Å². The molecule has 0 atom stereocenters. The minimum atomic E-state index is -0.381. The van der Waals surface area contributed by atoms with Crippen LogP contribution in [-0.2, 0) is 0 Å². The molecule has 0 radical (unpaired) electrons. The smallest absolute Gasteiger partial charge is 0.270 e. The molecule has 39 heavy (non-hydrogen) atoms. The molecule has 0 bridgehead atoms. The molecule has 0 unspecified atom stereocenters. The van der Waals surface area contributed by atoms with Gasteiger partial charge < -0.3 is 14.4 Å². The Morgan fingerprint density at radius 2 is 1.59 bits per heavy atom. The minimum absolute atomic E-state index is 0. The van der Waals surface area contributed by atoms with Gasteiger partial charge in [-0.15, -0.1) is 12.4 Å². The lowest BCUT2D eigenvalue weighted by Gasteiger charge is -2.34. The van der Waals surface area contributed by atoms with E-state index in [4.69, 9.17) is 9.47 Å². The van der Waals surface area contributed by atoms with Gasteiger partial charge in [-0.2, -0.15) is 0 Å². The highest BCUT2D eigenvalue weighted by molar-refractivity contribution is 9.10. The van der Waals surface area contributed by atoms with Crippen LogP contribution in [0.25, 0.3) is 12.2 Å². The van der Waals surface area contributed by atoms with Gasteiger partial charge in [0.1, 0.15) is 18.1 Å². The number of piperazine rings is 1. The first kappa shape index (κ1) is 30.6. The largest absolute Gasteiger partial charge is 0.493 e. The van der Waals surface area contributed by atoms with Crippen LogP contribution in [0, 0.1) is 17.0 Å². The summed E-state index contributed by atoms with van der Waals surface area (Å²) in [6.07, 6.45) is 4.69. The lowest BCUT2D eigenvalue weighted by atomic mass is 10.1. The predicted molar refractivity (Wildman–Crippen MR) is 163 cm³/mol. The number of halogens is 2. The van der Waals surface area contributed by atoms with Crippen LogP contribution in [0.1, 0.15) is 23.1 Å². The van der Waals surface area contributed by atoms with E-state index in [9.17, 15) is 10.1 Å². The Morgan fingerprint density at radius 1 is 0.872 bits per heavy atom. The number of nitro benzene ring substituents is 1. The van der Waals surface area contributed by atoms with Crippen LogP contribution in [0.5, 0.6) is 11.5 Å². The molecule has 1 aliphatic rings. The first-order chi connectivity index (χ1) is 18.5. The normalized spacial score (nSPS) is 14.2. The standard InChI is InChI=1S/C30H34BrN3O4.ClH/c1-24-6-4-8-28(22-24)37-21-19-33-17-15-32(16-18-33)14-5-20-38-30-13-12-27(34(35)36)23-26(30)11-10-25-7-2-3-9-29(25)31;/h2-4,6-13,22-23H,5,14-21H2,1H3;1H. The zero-order chi connectivity index (χ0) is 26.7. The maximum absolute atomic E-state index is 11.3. The Balaban J connectivity index is 0.00000420. The van der Waals surface area contributed by atoms with Gasteiger partial charge in [0, 0.05) is 61.4 Å². The second kappa shape index (κ2) is 15.6. The fourth-order valence-electron chi connectivity index (χ4n) is 4.41. The minimum Gasteiger partial charge on any atom is -0.493 e. The lowest BCUT2D eigenvalue weighted by molar-refractivity contribution is -0.384. The highest BCUT2D eigenvalue weighted by Gasteiger charge is 2.16. The number of nitro groups is 1. The van der Waals surface area contributed by atoms with Crippen molar-refractivity contribution in [3.05, 3.63) is 98.0 Å². The summed E-state index contributed by atoms with van der Waals surface area (Å²) in [4.78, 5) is 15.8. The van der Waals surface area contributed by atoms with Crippen molar-refractivity contribution >= 4 is 46.2 Å². The van der Waals surface area contributed by atoms with E-state index in [1.54, 1.807) is 12.1 Å². The number of rotatable bonds is 12. The number of hydrogen-bond donors (Lipinski definition) is 0. The number of aryl methyl sites for hydroxylation is 1. The van der Waals surface area contributed by atoms with Crippen LogP contribution >= 0.6 is 28.3 Å². The number of benzene rings is 3. The van der Waals surface area contributed by atoms with E-state index in [1.165, 1.54) is 11.6 Å². The van der Waals surface area contributed by atoms with Crippen LogP contribution < -0.4 is 9.47 Å². The van der Waals surface area contributed by atoms with Crippen LogP contribution in [0.3, 0.4) is 0 Å². The van der Waals surface area contributed by atoms with Crippen molar-refractivity contribution in [2.45, 2.75) is 13.3 Å². The summed E-state index contributed by atoms with van der Waals surface area (Å²) in [5, 5.41) is 11.3. The molecule has 0 amide bonds. The summed E-state index contributed by atoms with van der Waals surface area (Å²) in [6, 6.07) is 20.8. The van der Waals surface area contributed by atoms with Crippen LogP contribution in [0.4, 0.5) is 5.69 Å². The van der Waals surface area contributed by atoms with Gasteiger partial charge in [-0.1, -0.05) is 58.4 Å². The van der Waals surface area contributed by atoms with Crippen molar-refractivity contribution in [1.29, 1.82) is 0 Å². The second-order valence-corrected chi connectivity index (χ2v) is 10.2. The molecule has 1 saturated heterocycles. The van der Waals surface area contributed by atoms with Crippen LogP contribution in [0.2, 0.25) is 0 Å². The van der Waals surface area contributed by atoms with Crippen molar-refractivity contribution in [2.24, 2.45) is 0 Å². The molecule has 3 aromatic rings. The Bertz CT molecular complexity index is 1250. The Kier molecular flexibility index (Phi) is 12.3. The maximum Gasteiger partial charge on any atom is 0.270 e. The summed E-state index contributed by atoms with van der Waals surface area (Å²) in [7, 11) is 0. The van der Waals surface area contributed by atoms with Gasteiger partial charge in [-0.25, -0.2) is 0 Å². The third-order valence-electron chi connectivity index (χ3n) is 6.56. The molecule has 0 aromatic heterocycles. The zero-order valence-electron chi connectivity index (χ0n) is 22.1. The van der Waals surface area contributed by atoms with Gasteiger partial charge >= 0.3 is 0 Å². The Hall–Kier alpha value is -2.91. The number of non-ortho nitro benzene ring substituents is 1. The molecule has 0 spiro atoms. The van der Waals surface area contributed by atoms with E-state index in [0.29, 0.717) is 24.5 Å². The van der Waals surface area contributed by atoms with Crippen LogP contribution in [-0.4, -0.2) is 67.2 Å². The topological polar surface area (TPSA) is 68.1 Å². The summed E-state index contributed by atoms with van der Waals surface area (Å²) >= 11 is 3.54. The van der Waals surface area contributed by atoms with E-state index >= 15 is 0 Å². The zero-order valence-corrected chi connectivity index (χ0v) is 24.5. The highest BCUT2D eigenvalue weighted by Crippen LogP contribution is 2.27. The SMILES string of the molecule is Cc1cccc(OCCN2CCN(CCCOc3ccc([N+](=O)[O-])cc3C=Cc3ccccc3Br)CC2)c1.Cl. The number of ether oxygens (including phenoxy) is 2. The number of hydrogen-bond acceptors (Lipinski definition) is 6. The molecule has 208 valence electrons. The number of nitrogens with zero attached hydrogens (tertiary/aromatic N) is 3. The average molecular weight is 617 g/mol. The van der Waals surface area contributed by atoms with Gasteiger partial charge in [0.05, 0.1) is 11.5 Å². The molecular formula is C30H35BrClN3O4. The van der Waals surface area contributed by atoms with E-state index in [0.717, 1.165) is 61.5 Å². The van der Waals surface area contributed by atoms with E-state index in [2.05, 4.69) is 44.8 Å². The van der Waals surface area contributed by atoms with E-state index in [1.807, 2.05) is 48.6 Å². The van der Waals surface area contributed by atoms with E-state index in [-0.39, 0.29) is 23.0 Å².